The lowest BCUT2D eigenvalue weighted by Crippen LogP contribution is -2.30. The van der Waals surface area contributed by atoms with Gasteiger partial charge in [-0.25, -0.2) is 9.59 Å². The second-order valence-electron chi connectivity index (χ2n) is 4.86. The molecule has 0 spiro atoms. The third-order valence-electron chi connectivity index (χ3n) is 3.51. The molecule has 22 heavy (non-hydrogen) atoms. The normalized spacial score (nSPS) is 22.5. The average molecular weight is 300 g/mol. The van der Waals surface area contributed by atoms with Crippen molar-refractivity contribution in [3.05, 3.63) is 35.5 Å². The van der Waals surface area contributed by atoms with E-state index in [4.69, 9.17) is 15.5 Å². The summed E-state index contributed by atoms with van der Waals surface area (Å²) in [5.74, 6) is -4.16. The smallest absolute Gasteiger partial charge is 0.343 e. The van der Waals surface area contributed by atoms with Crippen LogP contribution in [-0.4, -0.2) is 39.7 Å². The Bertz CT molecular complexity index is 690. The Morgan fingerprint density at radius 2 is 1.95 bits per heavy atom. The molecule has 2 atom stereocenters. The van der Waals surface area contributed by atoms with E-state index in [1.807, 2.05) is 0 Å². The summed E-state index contributed by atoms with van der Waals surface area (Å²) in [4.78, 5) is 37.8. The lowest BCUT2D eigenvalue weighted by atomic mass is 9.82. The lowest BCUT2D eigenvalue weighted by Gasteiger charge is -2.26. The molecule has 1 aliphatic heterocycles. The van der Waals surface area contributed by atoms with Crippen molar-refractivity contribution in [2.45, 2.75) is 18.9 Å². The molecule has 0 aromatic heterocycles. The zero-order chi connectivity index (χ0) is 16.3. The topological polar surface area (TPSA) is 128 Å². The van der Waals surface area contributed by atoms with Crippen molar-refractivity contribution in [3.63, 3.8) is 0 Å². The van der Waals surface area contributed by atoms with Crippen LogP contribution in [0.3, 0.4) is 0 Å². The Morgan fingerprint density at radius 3 is 2.55 bits per heavy atom. The number of hydrogen-bond acceptors (Lipinski definition) is 5. The first-order valence-electron chi connectivity index (χ1n) is 6.52. The molecule has 2 aliphatic rings. The number of hydrogen-bond donors (Lipinski definition) is 2. The highest BCUT2D eigenvalue weighted by molar-refractivity contribution is 6.17. The molecule has 1 heterocycles. The van der Waals surface area contributed by atoms with Crippen LogP contribution in [-0.2, 0) is 14.4 Å². The first-order chi connectivity index (χ1) is 10.4. The van der Waals surface area contributed by atoms with E-state index < -0.39 is 29.3 Å². The molecule has 0 aromatic carbocycles. The summed E-state index contributed by atoms with van der Waals surface area (Å²) in [6.07, 6.45) is 6.53. The number of fused-ring (bicyclic) bond motifs is 1. The van der Waals surface area contributed by atoms with Crippen LogP contribution in [0.4, 0.5) is 0 Å². The Hall–Kier alpha value is -3.01. The summed E-state index contributed by atoms with van der Waals surface area (Å²) >= 11 is 0. The van der Waals surface area contributed by atoms with Crippen LogP contribution in [0.15, 0.2) is 40.4 Å². The van der Waals surface area contributed by atoms with Crippen LogP contribution in [0.1, 0.15) is 12.8 Å². The van der Waals surface area contributed by atoms with E-state index in [1.165, 1.54) is 0 Å². The second-order valence-corrected chi connectivity index (χ2v) is 4.86. The maximum absolute atomic E-state index is 12.0. The summed E-state index contributed by atoms with van der Waals surface area (Å²) in [6.45, 7) is 0. The molecule has 0 saturated heterocycles. The van der Waals surface area contributed by atoms with Crippen molar-refractivity contribution < 1.29 is 24.6 Å². The van der Waals surface area contributed by atoms with Gasteiger partial charge in [0.2, 0.25) is 0 Å². The molecule has 2 rings (SSSR count). The Kier molecular flexibility index (Phi) is 4.32. The minimum atomic E-state index is -1.67. The van der Waals surface area contributed by atoms with Crippen LogP contribution in [0.2, 0.25) is 0 Å². The third-order valence-corrected chi connectivity index (χ3v) is 3.51. The number of ketones is 1. The van der Waals surface area contributed by atoms with E-state index in [0.717, 1.165) is 0 Å². The molecule has 0 fully saturated rings. The van der Waals surface area contributed by atoms with Crippen molar-refractivity contribution in [1.29, 1.82) is 5.26 Å². The quantitative estimate of drug-likeness (QED) is 0.451. The summed E-state index contributed by atoms with van der Waals surface area (Å²) in [7, 11) is 0. The molecule has 0 aromatic rings. The van der Waals surface area contributed by atoms with Crippen LogP contribution in [0.25, 0.3) is 0 Å². The number of rotatable bonds is 4. The van der Waals surface area contributed by atoms with Gasteiger partial charge < -0.3 is 10.2 Å². The van der Waals surface area contributed by atoms with Crippen LogP contribution in [0.5, 0.6) is 0 Å². The number of carboxylic acid groups (broad SMARTS) is 2. The number of allylic oxidation sites excluding steroid dienone is 4. The molecule has 1 aliphatic carbocycles. The fourth-order valence-corrected chi connectivity index (χ4v) is 2.42. The second kappa shape index (κ2) is 6.18. The number of carbonyl (C=O) groups is 3. The standard InChI is InChI=1S/C15H12N2O5/c16-7-8-2-1-3-11-9(8)4-5-12(17-11)13(18)6-10(14(19)20)15(21)22/h1-3,6,9,12H,4-5H2,(H,19,20)(H,21,22). The number of nitrogens with zero attached hydrogens (tertiary/aromatic N) is 2. The highest BCUT2D eigenvalue weighted by Gasteiger charge is 2.31. The molecule has 7 heteroatoms. The van der Waals surface area contributed by atoms with Gasteiger partial charge in [0, 0.05) is 23.3 Å². The maximum Gasteiger partial charge on any atom is 0.343 e. The van der Waals surface area contributed by atoms with Crippen molar-refractivity contribution in [2.75, 3.05) is 0 Å². The fourth-order valence-electron chi connectivity index (χ4n) is 2.42. The Labute approximate surface area is 125 Å². The molecular weight excluding hydrogens is 288 g/mol. The van der Waals surface area contributed by atoms with E-state index >= 15 is 0 Å². The van der Waals surface area contributed by atoms with Crippen LogP contribution >= 0.6 is 0 Å². The monoisotopic (exact) mass is 300 g/mol. The van der Waals surface area contributed by atoms with Crippen molar-refractivity contribution in [1.82, 2.24) is 0 Å². The van der Waals surface area contributed by atoms with Gasteiger partial charge in [0.25, 0.3) is 0 Å². The third kappa shape index (κ3) is 3.01. The van der Waals surface area contributed by atoms with E-state index in [2.05, 4.69) is 11.1 Å². The van der Waals surface area contributed by atoms with Crippen molar-refractivity contribution in [2.24, 2.45) is 10.9 Å². The van der Waals surface area contributed by atoms with Gasteiger partial charge in [-0.15, -0.1) is 0 Å². The molecule has 0 saturated carbocycles. The minimum absolute atomic E-state index is 0.151. The van der Waals surface area contributed by atoms with Gasteiger partial charge in [0.15, 0.2) is 5.78 Å². The molecular formula is C15H12N2O5. The zero-order valence-corrected chi connectivity index (χ0v) is 11.4. The Balaban J connectivity index is 2.25. The minimum Gasteiger partial charge on any atom is -0.477 e. The highest BCUT2D eigenvalue weighted by atomic mass is 16.4. The van der Waals surface area contributed by atoms with Gasteiger partial charge in [-0.05, 0) is 25.0 Å². The summed E-state index contributed by atoms with van der Waals surface area (Å²) in [6, 6.07) is 1.27. The number of nitriles is 1. The van der Waals surface area contributed by atoms with Crippen LogP contribution in [0, 0.1) is 17.2 Å². The molecule has 0 bridgehead atoms. The van der Waals surface area contributed by atoms with E-state index in [1.54, 1.807) is 18.2 Å². The zero-order valence-electron chi connectivity index (χ0n) is 11.4. The number of aliphatic carboxylic acids is 2. The van der Waals surface area contributed by atoms with Crippen LogP contribution < -0.4 is 0 Å². The molecule has 7 nitrogen and oxygen atoms in total. The van der Waals surface area contributed by atoms with Gasteiger partial charge in [0.1, 0.15) is 11.6 Å². The van der Waals surface area contributed by atoms with Gasteiger partial charge >= 0.3 is 11.9 Å². The average Bonchev–Trinajstić information content (AvgIpc) is 2.50. The van der Waals surface area contributed by atoms with E-state index in [9.17, 15) is 14.4 Å². The van der Waals surface area contributed by atoms with Gasteiger partial charge in [0.05, 0.1) is 6.07 Å². The predicted molar refractivity (Wildman–Crippen MR) is 75.1 cm³/mol. The summed E-state index contributed by atoms with van der Waals surface area (Å²) in [5.41, 5.74) is 0.174. The van der Waals surface area contributed by atoms with Gasteiger partial charge in [-0.2, -0.15) is 5.26 Å². The predicted octanol–water partition coefficient (Wildman–Crippen LogP) is 0.890. The highest BCUT2D eigenvalue weighted by Crippen LogP contribution is 2.29. The molecule has 2 N–H and O–H groups in total. The van der Waals surface area contributed by atoms with Gasteiger partial charge in [-0.3, -0.25) is 9.79 Å². The van der Waals surface area contributed by atoms with E-state index in [-0.39, 0.29) is 5.92 Å². The summed E-state index contributed by atoms with van der Waals surface area (Å²) < 4.78 is 0. The largest absolute Gasteiger partial charge is 0.477 e. The molecule has 0 amide bonds. The SMILES string of the molecule is N#CC1=CC=CC2=NC(C(=O)C=C(C(=O)O)C(=O)O)CCC12. The summed E-state index contributed by atoms with van der Waals surface area (Å²) in [5, 5.41) is 26.5. The van der Waals surface area contributed by atoms with Crippen molar-refractivity contribution >= 4 is 23.4 Å². The molecule has 0 radical (unpaired) electrons. The fraction of sp³-hybridized carbons (Fsp3) is 0.267. The Morgan fingerprint density at radius 1 is 1.27 bits per heavy atom. The van der Waals surface area contributed by atoms with E-state index in [0.29, 0.717) is 30.2 Å². The first kappa shape index (κ1) is 15.4. The lowest BCUT2D eigenvalue weighted by molar-refractivity contribution is -0.140. The number of aliphatic imine (C=N–C) groups is 1. The number of carboxylic acids is 2. The van der Waals surface area contributed by atoms with Crippen molar-refractivity contribution in [3.8, 4) is 6.07 Å². The number of carbonyl (C=O) groups excluding carboxylic acids is 1. The van der Waals surface area contributed by atoms with Gasteiger partial charge in [-0.1, -0.05) is 6.08 Å². The first-order valence-corrected chi connectivity index (χ1v) is 6.52. The maximum atomic E-state index is 12.0. The molecule has 2 unspecified atom stereocenters. The molecule has 112 valence electrons.